The highest BCUT2D eigenvalue weighted by atomic mass is 35.6. The molecule has 0 bridgehead atoms. The van der Waals surface area contributed by atoms with Crippen molar-refractivity contribution in [1.82, 2.24) is 4.72 Å². The number of ketones is 1. The molecule has 1 fully saturated rings. The number of Topliss-reactive ketones (excluding diaryl/α,β-unsaturated/α-hetero) is 1. The van der Waals surface area contributed by atoms with Gasteiger partial charge in [0.25, 0.3) is 0 Å². The van der Waals surface area contributed by atoms with Gasteiger partial charge in [0.1, 0.15) is 12.4 Å². The van der Waals surface area contributed by atoms with Crippen LogP contribution in [0.5, 0.6) is 0 Å². The largest absolute Gasteiger partial charge is 0.336 e. The van der Waals surface area contributed by atoms with Crippen molar-refractivity contribution < 1.29 is 17.4 Å². The fraction of sp³-hybridized carbons (Fsp3) is 0.435. The van der Waals surface area contributed by atoms with Crippen LogP contribution in [0.1, 0.15) is 48.4 Å². The zero-order valence-electron chi connectivity index (χ0n) is 17.3. The Bertz CT molecular complexity index is 1090. The standard InChI is InChI=1S/C23H24Cl3NO4S/c24-23(25,26)15-31-32(29,30)27-21-13-17-12-18(28)10-11-22(17,14-16-6-2-1-3-7-16)20-9-5-4-8-19(20)21/h1-9,17,21,27H,10-15H2/t17-,21-,22-/m0/s1. The van der Waals surface area contributed by atoms with Crippen molar-refractivity contribution >= 4 is 50.9 Å². The summed E-state index contributed by atoms with van der Waals surface area (Å²) in [5, 5.41) is 0. The average Bonchev–Trinajstić information content (AvgIpc) is 2.74. The first kappa shape index (κ1) is 24.0. The molecular formula is C23H24Cl3NO4S. The molecule has 32 heavy (non-hydrogen) atoms. The Kier molecular flexibility index (Phi) is 6.93. The van der Waals surface area contributed by atoms with Gasteiger partial charge in [-0.1, -0.05) is 89.4 Å². The van der Waals surface area contributed by atoms with Crippen LogP contribution in [0.3, 0.4) is 0 Å². The maximum atomic E-state index is 12.6. The van der Waals surface area contributed by atoms with Gasteiger partial charge in [0, 0.05) is 24.3 Å². The predicted molar refractivity (Wildman–Crippen MR) is 126 cm³/mol. The van der Waals surface area contributed by atoms with Crippen LogP contribution in [0, 0.1) is 5.92 Å². The topological polar surface area (TPSA) is 72.5 Å². The summed E-state index contributed by atoms with van der Waals surface area (Å²) in [6.45, 7) is -0.596. The predicted octanol–water partition coefficient (Wildman–Crippen LogP) is 5.20. The zero-order valence-corrected chi connectivity index (χ0v) is 20.4. The molecule has 0 aliphatic heterocycles. The van der Waals surface area contributed by atoms with E-state index in [1.165, 1.54) is 5.56 Å². The number of halogens is 3. The fourth-order valence-electron chi connectivity index (χ4n) is 5.22. The number of rotatable bonds is 6. The Hall–Kier alpha value is -1.15. The highest BCUT2D eigenvalue weighted by molar-refractivity contribution is 7.84. The minimum atomic E-state index is -4.18. The summed E-state index contributed by atoms with van der Waals surface area (Å²) in [4.78, 5) is 12.4. The summed E-state index contributed by atoms with van der Waals surface area (Å²) in [6, 6.07) is 17.5. The highest BCUT2D eigenvalue weighted by Crippen LogP contribution is 2.54. The van der Waals surface area contributed by atoms with Gasteiger partial charge in [0.15, 0.2) is 0 Å². The Labute approximate surface area is 203 Å². The molecule has 0 heterocycles. The van der Waals surface area contributed by atoms with E-state index in [4.69, 9.17) is 39.0 Å². The Balaban J connectivity index is 1.70. The van der Waals surface area contributed by atoms with E-state index in [2.05, 4.69) is 22.9 Å². The van der Waals surface area contributed by atoms with Gasteiger partial charge in [-0.15, -0.1) is 0 Å². The molecule has 2 aliphatic carbocycles. The molecule has 0 radical (unpaired) electrons. The molecule has 172 valence electrons. The van der Waals surface area contributed by atoms with Gasteiger partial charge in [-0.2, -0.15) is 13.1 Å². The van der Waals surface area contributed by atoms with E-state index in [1.807, 2.05) is 36.4 Å². The van der Waals surface area contributed by atoms with E-state index < -0.39 is 26.7 Å². The van der Waals surface area contributed by atoms with E-state index in [0.717, 1.165) is 24.0 Å². The maximum absolute atomic E-state index is 12.6. The van der Waals surface area contributed by atoms with Gasteiger partial charge in [-0.05, 0) is 41.9 Å². The van der Waals surface area contributed by atoms with Crippen molar-refractivity contribution in [3.05, 3.63) is 71.3 Å². The smallest absolute Gasteiger partial charge is 0.300 e. The zero-order chi connectivity index (χ0) is 23.0. The number of benzene rings is 2. The molecule has 0 unspecified atom stereocenters. The first-order valence-electron chi connectivity index (χ1n) is 10.5. The molecule has 5 nitrogen and oxygen atoms in total. The molecule has 2 aromatic rings. The normalized spacial score (nSPS) is 25.8. The first-order valence-corrected chi connectivity index (χ1v) is 13.0. The lowest BCUT2D eigenvalue weighted by Gasteiger charge is -2.50. The van der Waals surface area contributed by atoms with Crippen molar-refractivity contribution in [3.8, 4) is 0 Å². The van der Waals surface area contributed by atoms with Crippen LogP contribution in [-0.2, 0) is 31.1 Å². The molecule has 2 aliphatic rings. The summed E-state index contributed by atoms with van der Waals surface area (Å²) in [6.07, 6.45) is 2.98. The lowest BCUT2D eigenvalue weighted by molar-refractivity contribution is -0.123. The molecule has 0 amide bonds. The third kappa shape index (κ3) is 5.32. The average molecular weight is 517 g/mol. The number of hydrogen-bond acceptors (Lipinski definition) is 4. The molecular weight excluding hydrogens is 493 g/mol. The van der Waals surface area contributed by atoms with Gasteiger partial charge in [0.2, 0.25) is 3.79 Å². The third-order valence-electron chi connectivity index (χ3n) is 6.53. The number of nitrogens with one attached hydrogen (secondary N) is 1. The lowest BCUT2D eigenvalue weighted by atomic mass is 9.54. The van der Waals surface area contributed by atoms with Crippen molar-refractivity contribution in [3.63, 3.8) is 0 Å². The molecule has 9 heteroatoms. The molecule has 3 atom stereocenters. The number of alkyl halides is 3. The van der Waals surface area contributed by atoms with Gasteiger partial charge in [-0.3, -0.25) is 8.98 Å². The minimum absolute atomic E-state index is 0.000252. The monoisotopic (exact) mass is 515 g/mol. The molecule has 0 saturated heterocycles. The summed E-state index contributed by atoms with van der Waals surface area (Å²) in [7, 11) is -4.18. The molecule has 1 N–H and O–H groups in total. The van der Waals surface area contributed by atoms with Crippen molar-refractivity contribution in [1.29, 1.82) is 0 Å². The van der Waals surface area contributed by atoms with Crippen molar-refractivity contribution in [2.24, 2.45) is 5.92 Å². The van der Waals surface area contributed by atoms with Crippen LogP contribution in [-0.4, -0.2) is 24.6 Å². The van der Waals surface area contributed by atoms with Gasteiger partial charge >= 0.3 is 10.3 Å². The quantitative estimate of drug-likeness (QED) is 0.536. The SMILES string of the molecule is O=C1CC[C@@]2(Cc3ccccc3)c3ccccc3[C@@H](NS(=O)(=O)OCC(Cl)(Cl)Cl)C[C@@H]2C1. The summed E-state index contributed by atoms with van der Waals surface area (Å²) in [5.41, 5.74) is 2.95. The van der Waals surface area contributed by atoms with Crippen LogP contribution in [0.2, 0.25) is 0 Å². The molecule has 4 rings (SSSR count). The van der Waals surface area contributed by atoms with Gasteiger partial charge < -0.3 is 0 Å². The van der Waals surface area contributed by atoms with E-state index in [9.17, 15) is 13.2 Å². The Morgan fingerprint density at radius 1 is 1.06 bits per heavy atom. The van der Waals surface area contributed by atoms with Crippen molar-refractivity contribution in [2.45, 2.75) is 47.4 Å². The molecule has 0 aromatic heterocycles. The number of carbonyl (C=O) groups is 1. The lowest BCUT2D eigenvalue weighted by Crippen LogP contribution is -2.49. The van der Waals surface area contributed by atoms with E-state index >= 15 is 0 Å². The summed E-state index contributed by atoms with van der Waals surface area (Å²) < 4.78 is 30.8. The second-order valence-corrected chi connectivity index (χ2v) is 12.5. The minimum Gasteiger partial charge on any atom is -0.300 e. The Morgan fingerprint density at radius 2 is 1.75 bits per heavy atom. The Morgan fingerprint density at radius 3 is 2.47 bits per heavy atom. The number of hydrogen-bond donors (Lipinski definition) is 1. The van der Waals surface area contributed by atoms with Crippen LogP contribution in [0.4, 0.5) is 0 Å². The number of carbonyl (C=O) groups excluding carboxylic acids is 1. The van der Waals surface area contributed by atoms with E-state index in [0.29, 0.717) is 19.3 Å². The number of fused-ring (bicyclic) bond motifs is 3. The molecule has 1 saturated carbocycles. The first-order chi connectivity index (χ1) is 15.1. The van der Waals surface area contributed by atoms with Crippen molar-refractivity contribution in [2.75, 3.05) is 6.61 Å². The highest BCUT2D eigenvalue weighted by Gasteiger charge is 2.50. The summed E-state index contributed by atoms with van der Waals surface area (Å²) in [5.74, 6) is 0.215. The van der Waals surface area contributed by atoms with Gasteiger partial charge in [-0.25, -0.2) is 0 Å². The van der Waals surface area contributed by atoms with Crippen LogP contribution in [0.25, 0.3) is 0 Å². The van der Waals surface area contributed by atoms with Gasteiger partial charge in [0.05, 0.1) is 0 Å². The van der Waals surface area contributed by atoms with Crippen LogP contribution < -0.4 is 4.72 Å². The van der Waals surface area contributed by atoms with E-state index in [-0.39, 0.29) is 17.1 Å². The second-order valence-electron chi connectivity index (χ2n) is 8.58. The molecule has 0 spiro atoms. The third-order valence-corrected chi connectivity index (χ3v) is 7.85. The van der Waals surface area contributed by atoms with E-state index in [1.54, 1.807) is 0 Å². The fourth-order valence-corrected chi connectivity index (χ4v) is 6.55. The van der Waals surface area contributed by atoms with Crippen LogP contribution >= 0.6 is 34.8 Å². The summed E-state index contributed by atoms with van der Waals surface area (Å²) >= 11 is 16.9. The second kappa shape index (κ2) is 9.24. The maximum Gasteiger partial charge on any atom is 0.336 e. The van der Waals surface area contributed by atoms with Crippen LogP contribution in [0.15, 0.2) is 54.6 Å². The molecule has 2 aromatic carbocycles.